The van der Waals surface area contributed by atoms with Crippen LogP contribution in [0, 0.1) is 11.3 Å². The molecule has 120 valence electrons. The number of nitrogens with one attached hydrogen (secondary N) is 1. The number of fused-ring (bicyclic) bond motifs is 1. The smallest absolute Gasteiger partial charge is 0.341 e. The SMILES string of the molecule is COC(=O)c1cccc2nc(NC(CC#N)c3ccccc3)oc12. The Bertz CT molecular complexity index is 897. The van der Waals surface area contributed by atoms with Gasteiger partial charge in [0.05, 0.1) is 25.6 Å². The Morgan fingerprint density at radius 1 is 1.29 bits per heavy atom. The predicted octanol–water partition coefficient (Wildman–Crippen LogP) is 3.68. The topological polar surface area (TPSA) is 88.1 Å². The third-order valence-corrected chi connectivity index (χ3v) is 3.62. The minimum atomic E-state index is -0.486. The number of nitriles is 1. The molecule has 0 spiro atoms. The minimum Gasteiger partial charge on any atom is -0.465 e. The van der Waals surface area contributed by atoms with Crippen molar-refractivity contribution < 1.29 is 13.9 Å². The molecule has 6 nitrogen and oxygen atoms in total. The maximum atomic E-state index is 11.8. The van der Waals surface area contributed by atoms with Gasteiger partial charge in [0.15, 0.2) is 5.58 Å². The summed E-state index contributed by atoms with van der Waals surface area (Å²) in [6.07, 6.45) is 0.257. The lowest BCUT2D eigenvalue weighted by molar-refractivity contribution is 0.0602. The molecule has 1 N–H and O–H groups in total. The maximum Gasteiger partial charge on any atom is 0.341 e. The van der Waals surface area contributed by atoms with E-state index in [1.54, 1.807) is 18.2 Å². The zero-order valence-electron chi connectivity index (χ0n) is 13.0. The van der Waals surface area contributed by atoms with Crippen LogP contribution < -0.4 is 5.32 Å². The molecule has 3 rings (SSSR count). The Labute approximate surface area is 138 Å². The molecule has 0 fully saturated rings. The van der Waals surface area contributed by atoms with Crippen LogP contribution in [0.15, 0.2) is 52.9 Å². The van der Waals surface area contributed by atoms with Crippen molar-refractivity contribution in [3.8, 4) is 6.07 Å². The van der Waals surface area contributed by atoms with E-state index in [-0.39, 0.29) is 18.5 Å². The molecule has 1 aromatic heterocycles. The predicted molar refractivity (Wildman–Crippen MR) is 88.4 cm³/mol. The van der Waals surface area contributed by atoms with Crippen molar-refractivity contribution in [3.63, 3.8) is 0 Å². The van der Waals surface area contributed by atoms with Crippen molar-refractivity contribution in [2.45, 2.75) is 12.5 Å². The Morgan fingerprint density at radius 2 is 2.08 bits per heavy atom. The second-order valence-corrected chi connectivity index (χ2v) is 5.13. The molecule has 0 aliphatic rings. The highest BCUT2D eigenvalue weighted by molar-refractivity contribution is 6.01. The van der Waals surface area contributed by atoms with Gasteiger partial charge >= 0.3 is 5.97 Å². The number of aromatic nitrogens is 1. The highest BCUT2D eigenvalue weighted by Crippen LogP contribution is 2.27. The van der Waals surface area contributed by atoms with Gasteiger partial charge in [0, 0.05) is 0 Å². The van der Waals surface area contributed by atoms with Gasteiger partial charge in [-0.15, -0.1) is 0 Å². The molecule has 24 heavy (non-hydrogen) atoms. The molecule has 6 heteroatoms. The highest BCUT2D eigenvalue weighted by atomic mass is 16.5. The average molecular weight is 321 g/mol. The Hall–Kier alpha value is -3.33. The summed E-state index contributed by atoms with van der Waals surface area (Å²) in [7, 11) is 1.31. The van der Waals surface area contributed by atoms with Crippen LogP contribution in [-0.2, 0) is 4.74 Å². The number of carbonyl (C=O) groups excluding carboxylic acids is 1. The molecule has 1 unspecified atom stereocenters. The number of esters is 1. The fourth-order valence-electron chi connectivity index (χ4n) is 2.46. The molecule has 0 bridgehead atoms. The molecule has 0 aliphatic carbocycles. The number of anilines is 1. The molecule has 1 atom stereocenters. The van der Waals surface area contributed by atoms with Crippen molar-refractivity contribution >= 4 is 23.1 Å². The first kappa shape index (κ1) is 15.6. The second kappa shape index (κ2) is 6.84. The minimum absolute atomic E-state index is 0.255. The Balaban J connectivity index is 1.94. The third kappa shape index (κ3) is 3.06. The molecule has 3 aromatic rings. The number of hydrogen-bond acceptors (Lipinski definition) is 6. The second-order valence-electron chi connectivity index (χ2n) is 5.13. The number of oxazole rings is 1. The number of hydrogen-bond donors (Lipinski definition) is 1. The van der Waals surface area contributed by atoms with Gasteiger partial charge in [0.1, 0.15) is 11.1 Å². The first-order valence-corrected chi connectivity index (χ1v) is 7.39. The molecule has 2 aromatic carbocycles. The first-order chi connectivity index (χ1) is 11.7. The Kier molecular flexibility index (Phi) is 4.43. The zero-order chi connectivity index (χ0) is 16.9. The van der Waals surface area contributed by atoms with Gasteiger partial charge in [-0.1, -0.05) is 36.4 Å². The summed E-state index contributed by atoms with van der Waals surface area (Å²) in [4.78, 5) is 16.2. The molecular weight excluding hydrogens is 306 g/mol. The zero-order valence-corrected chi connectivity index (χ0v) is 13.0. The van der Waals surface area contributed by atoms with Crippen LogP contribution in [0.4, 0.5) is 6.01 Å². The number of rotatable bonds is 5. The van der Waals surface area contributed by atoms with Gasteiger partial charge in [0.25, 0.3) is 6.01 Å². The number of methoxy groups -OCH3 is 1. The van der Waals surface area contributed by atoms with Crippen LogP contribution in [0.2, 0.25) is 0 Å². The fraction of sp³-hybridized carbons (Fsp3) is 0.167. The molecular formula is C18H15N3O3. The van der Waals surface area contributed by atoms with Crippen LogP contribution in [-0.4, -0.2) is 18.1 Å². The fourth-order valence-corrected chi connectivity index (χ4v) is 2.46. The van der Waals surface area contributed by atoms with Crippen LogP contribution in [0.1, 0.15) is 28.4 Å². The van der Waals surface area contributed by atoms with Crippen LogP contribution in [0.3, 0.4) is 0 Å². The summed E-state index contributed by atoms with van der Waals surface area (Å²) in [6.45, 7) is 0. The molecule has 0 aliphatic heterocycles. The van der Waals surface area contributed by atoms with Crippen molar-refractivity contribution in [1.82, 2.24) is 4.98 Å². The van der Waals surface area contributed by atoms with E-state index in [1.165, 1.54) is 7.11 Å². The summed E-state index contributed by atoms with van der Waals surface area (Å²) >= 11 is 0. The third-order valence-electron chi connectivity index (χ3n) is 3.62. The molecule has 0 saturated carbocycles. The standard InChI is InChI=1S/C18H15N3O3/c1-23-17(22)13-8-5-9-15-16(13)24-18(21-15)20-14(10-11-19)12-6-3-2-4-7-12/h2-9,14H,10H2,1H3,(H,20,21). The van der Waals surface area contributed by atoms with Gasteiger partial charge in [0.2, 0.25) is 0 Å². The summed E-state index contributed by atoms with van der Waals surface area (Å²) in [6, 6.07) is 16.8. The van der Waals surface area contributed by atoms with Gasteiger partial charge in [-0.3, -0.25) is 0 Å². The number of carbonyl (C=O) groups is 1. The molecule has 0 radical (unpaired) electrons. The van der Waals surface area contributed by atoms with E-state index in [0.717, 1.165) is 5.56 Å². The largest absolute Gasteiger partial charge is 0.465 e. The quantitative estimate of drug-likeness (QED) is 0.721. The monoisotopic (exact) mass is 321 g/mol. The van der Waals surface area contributed by atoms with Crippen LogP contribution >= 0.6 is 0 Å². The molecule has 0 saturated heterocycles. The van der Waals surface area contributed by atoms with E-state index < -0.39 is 5.97 Å². The van der Waals surface area contributed by atoms with Crippen LogP contribution in [0.25, 0.3) is 11.1 Å². The van der Waals surface area contributed by atoms with E-state index in [9.17, 15) is 4.79 Å². The van der Waals surface area contributed by atoms with E-state index in [0.29, 0.717) is 16.7 Å². The van der Waals surface area contributed by atoms with Gasteiger partial charge < -0.3 is 14.5 Å². The number of para-hydroxylation sites is 1. The first-order valence-electron chi connectivity index (χ1n) is 7.39. The number of nitrogens with zero attached hydrogens (tertiary/aromatic N) is 2. The summed E-state index contributed by atoms with van der Waals surface area (Å²) < 4.78 is 10.4. The van der Waals surface area contributed by atoms with Crippen LogP contribution in [0.5, 0.6) is 0 Å². The number of ether oxygens (including phenoxy) is 1. The lowest BCUT2D eigenvalue weighted by atomic mass is 10.1. The lowest BCUT2D eigenvalue weighted by Crippen LogP contribution is -2.10. The van der Waals surface area contributed by atoms with Crippen molar-refractivity contribution in [3.05, 3.63) is 59.7 Å². The summed E-state index contributed by atoms with van der Waals surface area (Å²) in [5.41, 5.74) is 2.17. The van der Waals surface area contributed by atoms with E-state index in [4.69, 9.17) is 14.4 Å². The van der Waals surface area contributed by atoms with E-state index in [2.05, 4.69) is 16.4 Å². The van der Waals surface area contributed by atoms with Gasteiger partial charge in [-0.05, 0) is 17.7 Å². The van der Waals surface area contributed by atoms with Gasteiger partial charge in [-0.2, -0.15) is 10.2 Å². The molecule has 0 amide bonds. The maximum absolute atomic E-state index is 11.8. The molecule has 1 heterocycles. The lowest BCUT2D eigenvalue weighted by Gasteiger charge is -2.14. The summed E-state index contributed by atoms with van der Waals surface area (Å²) in [5, 5.41) is 12.2. The number of benzene rings is 2. The van der Waals surface area contributed by atoms with Crippen molar-refractivity contribution in [1.29, 1.82) is 5.26 Å². The van der Waals surface area contributed by atoms with Crippen molar-refractivity contribution in [2.24, 2.45) is 0 Å². The summed E-state index contributed by atoms with van der Waals surface area (Å²) in [5.74, 6) is -0.486. The highest BCUT2D eigenvalue weighted by Gasteiger charge is 2.18. The average Bonchev–Trinajstić information content (AvgIpc) is 3.04. The van der Waals surface area contributed by atoms with E-state index in [1.807, 2.05) is 30.3 Å². The Morgan fingerprint density at radius 3 is 2.79 bits per heavy atom. The normalized spacial score (nSPS) is 11.7. The van der Waals surface area contributed by atoms with E-state index >= 15 is 0 Å². The van der Waals surface area contributed by atoms with Crippen molar-refractivity contribution in [2.75, 3.05) is 12.4 Å². The van der Waals surface area contributed by atoms with Gasteiger partial charge in [-0.25, -0.2) is 4.79 Å².